The minimum atomic E-state index is -0.0200. The van der Waals surface area contributed by atoms with Gasteiger partial charge in [0.15, 0.2) is 5.96 Å². The van der Waals surface area contributed by atoms with Crippen LogP contribution in [0.25, 0.3) is 0 Å². The van der Waals surface area contributed by atoms with Crippen LogP contribution in [-0.2, 0) is 0 Å². The average molecular weight is 197 g/mol. The molecule has 1 fully saturated rings. The lowest BCUT2D eigenvalue weighted by atomic mass is 9.91. The summed E-state index contributed by atoms with van der Waals surface area (Å²) in [4.78, 5) is 2.08. The van der Waals surface area contributed by atoms with E-state index in [1.165, 1.54) is 32.1 Å². The quantitative estimate of drug-likeness (QED) is 0.500. The number of nitrogens with zero attached hydrogens (tertiary/aromatic N) is 1. The number of rotatable bonds is 1. The van der Waals surface area contributed by atoms with Crippen molar-refractivity contribution in [2.75, 3.05) is 0 Å². The molecule has 3 N–H and O–H groups in total. The van der Waals surface area contributed by atoms with Gasteiger partial charge in [0.05, 0.1) is 0 Å². The molecule has 0 saturated heterocycles. The van der Waals surface area contributed by atoms with Gasteiger partial charge in [0.25, 0.3) is 0 Å². The molecule has 0 heterocycles. The number of hydrogen-bond donors (Lipinski definition) is 2. The predicted molar refractivity (Wildman–Crippen MR) is 60.4 cm³/mol. The summed E-state index contributed by atoms with van der Waals surface area (Å²) in [5.41, 5.74) is 5.64. The van der Waals surface area contributed by atoms with Gasteiger partial charge in [-0.3, -0.25) is 5.41 Å². The predicted octanol–water partition coefficient (Wildman–Crippen LogP) is 2.31. The SMILES string of the molecule is CC(C)(C)N(C(=N)N)C1CCCCC1. The van der Waals surface area contributed by atoms with Crippen molar-refractivity contribution in [1.82, 2.24) is 4.90 Å². The summed E-state index contributed by atoms with van der Waals surface area (Å²) in [6.07, 6.45) is 6.29. The van der Waals surface area contributed by atoms with Gasteiger partial charge in [0.1, 0.15) is 0 Å². The van der Waals surface area contributed by atoms with Gasteiger partial charge < -0.3 is 10.6 Å². The van der Waals surface area contributed by atoms with E-state index < -0.39 is 0 Å². The summed E-state index contributed by atoms with van der Waals surface area (Å²) in [5.74, 6) is 0.226. The van der Waals surface area contributed by atoms with Gasteiger partial charge in [-0.1, -0.05) is 19.3 Å². The van der Waals surface area contributed by atoms with Gasteiger partial charge in [-0.15, -0.1) is 0 Å². The van der Waals surface area contributed by atoms with E-state index in [4.69, 9.17) is 11.1 Å². The van der Waals surface area contributed by atoms with Crippen molar-refractivity contribution in [3.63, 3.8) is 0 Å². The fourth-order valence-corrected chi connectivity index (χ4v) is 2.45. The zero-order valence-corrected chi connectivity index (χ0v) is 9.64. The maximum Gasteiger partial charge on any atom is 0.189 e. The molecule has 1 aliphatic carbocycles. The molecule has 3 nitrogen and oxygen atoms in total. The third-order valence-electron chi connectivity index (χ3n) is 2.92. The fraction of sp³-hybridized carbons (Fsp3) is 0.909. The van der Waals surface area contributed by atoms with Crippen LogP contribution in [-0.4, -0.2) is 22.4 Å². The lowest BCUT2D eigenvalue weighted by Crippen LogP contribution is -2.54. The number of nitrogens with two attached hydrogens (primary N) is 1. The Hall–Kier alpha value is -0.730. The molecule has 0 radical (unpaired) electrons. The third kappa shape index (κ3) is 2.63. The number of nitrogens with one attached hydrogen (secondary N) is 1. The molecule has 3 heteroatoms. The summed E-state index contributed by atoms with van der Waals surface area (Å²) in [6.45, 7) is 6.38. The molecule has 0 aromatic carbocycles. The monoisotopic (exact) mass is 197 g/mol. The lowest BCUT2D eigenvalue weighted by Gasteiger charge is -2.43. The van der Waals surface area contributed by atoms with E-state index in [1.807, 2.05) is 0 Å². The first-order valence-corrected chi connectivity index (χ1v) is 5.56. The Balaban J connectivity index is 2.71. The van der Waals surface area contributed by atoms with Crippen LogP contribution in [0, 0.1) is 5.41 Å². The van der Waals surface area contributed by atoms with E-state index in [9.17, 15) is 0 Å². The topological polar surface area (TPSA) is 53.1 Å². The zero-order valence-electron chi connectivity index (χ0n) is 9.64. The summed E-state index contributed by atoms with van der Waals surface area (Å²) in [6, 6.07) is 0.487. The maximum absolute atomic E-state index is 7.65. The average Bonchev–Trinajstić information content (AvgIpc) is 2.02. The summed E-state index contributed by atoms with van der Waals surface area (Å²) < 4.78 is 0. The van der Waals surface area contributed by atoms with Crippen LogP contribution in [0.1, 0.15) is 52.9 Å². The first kappa shape index (κ1) is 11.3. The van der Waals surface area contributed by atoms with E-state index >= 15 is 0 Å². The molecule has 1 saturated carbocycles. The highest BCUT2D eigenvalue weighted by molar-refractivity contribution is 5.75. The van der Waals surface area contributed by atoms with Crippen LogP contribution in [0.15, 0.2) is 0 Å². The fourth-order valence-electron chi connectivity index (χ4n) is 2.45. The molecule has 14 heavy (non-hydrogen) atoms. The summed E-state index contributed by atoms with van der Waals surface area (Å²) >= 11 is 0. The highest BCUT2D eigenvalue weighted by atomic mass is 15.3. The minimum absolute atomic E-state index is 0.0200. The van der Waals surface area contributed by atoms with E-state index in [-0.39, 0.29) is 11.5 Å². The van der Waals surface area contributed by atoms with E-state index in [0.29, 0.717) is 6.04 Å². The van der Waals surface area contributed by atoms with Gasteiger partial charge in [-0.05, 0) is 33.6 Å². The Morgan fingerprint density at radius 1 is 1.21 bits per heavy atom. The molecule has 1 aliphatic rings. The Bertz CT molecular complexity index is 199. The molecule has 1 rings (SSSR count). The normalized spacial score (nSPS) is 19.4. The van der Waals surface area contributed by atoms with Crippen LogP contribution in [0.2, 0.25) is 0 Å². The molecule has 0 unspecified atom stereocenters. The van der Waals surface area contributed by atoms with Crippen molar-refractivity contribution in [2.24, 2.45) is 5.73 Å². The van der Waals surface area contributed by atoms with E-state index in [2.05, 4.69) is 25.7 Å². The Labute approximate surface area is 87.2 Å². The van der Waals surface area contributed by atoms with E-state index in [0.717, 1.165) is 0 Å². The number of hydrogen-bond acceptors (Lipinski definition) is 1. The maximum atomic E-state index is 7.65. The first-order chi connectivity index (χ1) is 6.43. The molecular formula is C11H23N3. The molecule has 0 aromatic heterocycles. The Kier molecular flexibility index (Phi) is 3.40. The smallest absolute Gasteiger partial charge is 0.189 e. The molecule has 0 bridgehead atoms. The van der Waals surface area contributed by atoms with Crippen LogP contribution >= 0.6 is 0 Å². The third-order valence-corrected chi connectivity index (χ3v) is 2.92. The van der Waals surface area contributed by atoms with Crippen LogP contribution in [0.3, 0.4) is 0 Å². The van der Waals surface area contributed by atoms with Crippen LogP contribution in [0.5, 0.6) is 0 Å². The van der Waals surface area contributed by atoms with Gasteiger partial charge in [0.2, 0.25) is 0 Å². The van der Waals surface area contributed by atoms with Crippen molar-refractivity contribution in [3.05, 3.63) is 0 Å². The summed E-state index contributed by atoms with van der Waals surface area (Å²) in [7, 11) is 0. The van der Waals surface area contributed by atoms with Gasteiger partial charge >= 0.3 is 0 Å². The van der Waals surface area contributed by atoms with Crippen LogP contribution in [0.4, 0.5) is 0 Å². The molecule has 0 amide bonds. The summed E-state index contributed by atoms with van der Waals surface area (Å²) in [5, 5.41) is 7.65. The van der Waals surface area contributed by atoms with Gasteiger partial charge in [-0.2, -0.15) is 0 Å². The standard InChI is InChI=1S/C11H23N3/c1-11(2,3)14(10(12)13)9-7-5-4-6-8-9/h9H,4-8H2,1-3H3,(H3,12,13). The second-order valence-corrected chi connectivity index (χ2v) is 5.22. The largest absolute Gasteiger partial charge is 0.370 e. The molecule has 82 valence electrons. The van der Waals surface area contributed by atoms with Crippen molar-refractivity contribution < 1.29 is 0 Å². The van der Waals surface area contributed by atoms with Gasteiger partial charge in [0, 0.05) is 11.6 Å². The Morgan fingerprint density at radius 3 is 2.07 bits per heavy atom. The van der Waals surface area contributed by atoms with Crippen molar-refractivity contribution in [3.8, 4) is 0 Å². The van der Waals surface area contributed by atoms with Crippen molar-refractivity contribution in [1.29, 1.82) is 5.41 Å². The Morgan fingerprint density at radius 2 is 1.71 bits per heavy atom. The van der Waals surface area contributed by atoms with Crippen LogP contribution < -0.4 is 5.73 Å². The second-order valence-electron chi connectivity index (χ2n) is 5.22. The zero-order chi connectivity index (χ0) is 10.8. The highest BCUT2D eigenvalue weighted by Gasteiger charge is 2.30. The second kappa shape index (κ2) is 4.20. The van der Waals surface area contributed by atoms with Crippen molar-refractivity contribution in [2.45, 2.75) is 64.5 Å². The molecule has 0 spiro atoms. The molecule has 0 atom stereocenters. The lowest BCUT2D eigenvalue weighted by molar-refractivity contribution is 0.139. The molecule has 0 aliphatic heterocycles. The minimum Gasteiger partial charge on any atom is -0.370 e. The molecule has 0 aromatic rings. The van der Waals surface area contributed by atoms with Crippen molar-refractivity contribution >= 4 is 5.96 Å². The molecular weight excluding hydrogens is 174 g/mol. The van der Waals surface area contributed by atoms with Gasteiger partial charge in [-0.25, -0.2) is 0 Å². The van der Waals surface area contributed by atoms with E-state index in [1.54, 1.807) is 0 Å². The highest BCUT2D eigenvalue weighted by Crippen LogP contribution is 2.27. The number of guanidine groups is 1. The first-order valence-electron chi connectivity index (χ1n) is 5.56.